The summed E-state index contributed by atoms with van der Waals surface area (Å²) in [5.41, 5.74) is 1.84. The van der Waals surface area contributed by atoms with Crippen LogP contribution in [0.4, 0.5) is 0 Å². The molecule has 1 nitrogen and oxygen atoms in total. The Hall–Kier alpha value is -1.32. The molecule has 0 atom stereocenters. The largest absolute Gasteiger partial charge is 0.289 e. The number of rotatable bonds is 4. The predicted molar refractivity (Wildman–Crippen MR) is 75.9 cm³/mol. The fourth-order valence-corrected chi connectivity index (χ4v) is 2.71. The van der Waals surface area contributed by atoms with E-state index in [-0.39, 0.29) is 5.78 Å². The lowest BCUT2D eigenvalue weighted by atomic mass is 10.1. The first-order valence-electron chi connectivity index (χ1n) is 5.19. The van der Waals surface area contributed by atoms with E-state index in [1.54, 1.807) is 29.2 Å². The van der Waals surface area contributed by atoms with Gasteiger partial charge in [-0.25, -0.2) is 0 Å². The number of thiophene rings is 1. The summed E-state index contributed by atoms with van der Waals surface area (Å²) in [7, 11) is 0. The lowest BCUT2D eigenvalue weighted by Crippen LogP contribution is -1.96. The summed E-state index contributed by atoms with van der Waals surface area (Å²) < 4.78 is 0. The maximum atomic E-state index is 12.0. The Morgan fingerprint density at radius 1 is 1.29 bits per heavy atom. The van der Waals surface area contributed by atoms with E-state index in [1.807, 2.05) is 53.4 Å². The van der Waals surface area contributed by atoms with Gasteiger partial charge < -0.3 is 0 Å². The van der Waals surface area contributed by atoms with E-state index in [0.717, 1.165) is 16.0 Å². The molecular weight excluding hydrogens is 248 g/mol. The van der Waals surface area contributed by atoms with Crippen LogP contribution in [-0.2, 0) is 0 Å². The quantitative estimate of drug-likeness (QED) is 0.461. The molecule has 0 bridgehead atoms. The summed E-state index contributed by atoms with van der Waals surface area (Å²) in [4.78, 5) is 13.0. The monoisotopic (exact) mass is 260 g/mol. The number of allylic oxidation sites excluding steroid dienone is 1. The number of benzene rings is 1. The third-order valence-corrected chi connectivity index (χ3v) is 3.84. The molecule has 3 heteroatoms. The number of hydrogen-bond acceptors (Lipinski definition) is 3. The summed E-state index contributed by atoms with van der Waals surface area (Å²) in [6.07, 6.45) is 5.47. The van der Waals surface area contributed by atoms with Gasteiger partial charge in [0.05, 0.1) is 0 Å². The van der Waals surface area contributed by atoms with Crippen LogP contribution in [0, 0.1) is 0 Å². The summed E-state index contributed by atoms with van der Waals surface area (Å²) in [6.45, 7) is 0. The molecule has 1 heterocycles. The van der Waals surface area contributed by atoms with Gasteiger partial charge in [-0.15, -0.1) is 11.8 Å². The molecule has 1 aromatic heterocycles. The third kappa shape index (κ3) is 3.08. The van der Waals surface area contributed by atoms with Crippen LogP contribution < -0.4 is 0 Å². The minimum atomic E-state index is 0.0566. The first-order chi connectivity index (χ1) is 8.31. The first-order valence-corrected chi connectivity index (χ1v) is 7.35. The van der Waals surface area contributed by atoms with E-state index in [1.165, 1.54) is 0 Å². The van der Waals surface area contributed by atoms with Gasteiger partial charge >= 0.3 is 0 Å². The molecule has 2 aromatic rings. The molecule has 17 heavy (non-hydrogen) atoms. The van der Waals surface area contributed by atoms with Crippen molar-refractivity contribution in [2.24, 2.45) is 0 Å². The van der Waals surface area contributed by atoms with Gasteiger partial charge in [-0.3, -0.25) is 4.79 Å². The Balaban J connectivity index is 2.20. The van der Waals surface area contributed by atoms with Crippen molar-refractivity contribution in [3.63, 3.8) is 0 Å². The number of ketones is 1. The Labute approximate surface area is 109 Å². The van der Waals surface area contributed by atoms with Crippen molar-refractivity contribution in [2.45, 2.75) is 4.90 Å². The fraction of sp³-hybridized carbons (Fsp3) is 0.0714. The van der Waals surface area contributed by atoms with Crippen molar-refractivity contribution in [3.8, 4) is 0 Å². The molecule has 0 unspecified atom stereocenters. The maximum Gasteiger partial charge on any atom is 0.186 e. The van der Waals surface area contributed by atoms with Crippen molar-refractivity contribution in [3.05, 3.63) is 58.3 Å². The van der Waals surface area contributed by atoms with Crippen molar-refractivity contribution in [2.75, 3.05) is 6.26 Å². The van der Waals surface area contributed by atoms with E-state index in [2.05, 4.69) is 0 Å². The highest BCUT2D eigenvalue weighted by Crippen LogP contribution is 2.21. The van der Waals surface area contributed by atoms with Crippen molar-refractivity contribution >= 4 is 35.0 Å². The van der Waals surface area contributed by atoms with Gasteiger partial charge in [0.25, 0.3) is 0 Å². The predicted octanol–water partition coefficient (Wildman–Crippen LogP) is 4.37. The first kappa shape index (κ1) is 12.1. The Morgan fingerprint density at radius 3 is 2.82 bits per heavy atom. The van der Waals surface area contributed by atoms with E-state index in [0.29, 0.717) is 0 Å². The lowest BCUT2D eigenvalue weighted by Gasteiger charge is -2.02. The maximum absolute atomic E-state index is 12.0. The number of thioether (sulfide) groups is 1. The molecule has 0 aliphatic rings. The number of carbonyl (C=O) groups excluding carboxylic acids is 1. The highest BCUT2D eigenvalue weighted by Gasteiger charge is 2.06. The van der Waals surface area contributed by atoms with Crippen LogP contribution >= 0.6 is 23.1 Å². The van der Waals surface area contributed by atoms with Gasteiger partial charge in [0.15, 0.2) is 5.78 Å². The van der Waals surface area contributed by atoms with Gasteiger partial charge in [0, 0.05) is 10.5 Å². The molecule has 1 aromatic carbocycles. The second-order valence-electron chi connectivity index (χ2n) is 3.45. The summed E-state index contributed by atoms with van der Waals surface area (Å²) in [5.74, 6) is 0.0566. The SMILES string of the molecule is CSc1ccccc1C(=O)/C=C/c1ccsc1. The van der Waals surface area contributed by atoms with Gasteiger partial charge in [0.1, 0.15) is 0 Å². The molecule has 0 N–H and O–H groups in total. The van der Waals surface area contributed by atoms with E-state index in [9.17, 15) is 4.79 Å². The molecule has 0 saturated carbocycles. The summed E-state index contributed by atoms with van der Waals surface area (Å²) in [5, 5.41) is 4.02. The van der Waals surface area contributed by atoms with E-state index < -0.39 is 0 Å². The Morgan fingerprint density at radius 2 is 2.12 bits per heavy atom. The minimum Gasteiger partial charge on any atom is -0.289 e. The molecular formula is C14H12OS2. The molecule has 0 radical (unpaired) electrons. The zero-order valence-corrected chi connectivity index (χ0v) is 11.1. The van der Waals surface area contributed by atoms with Crippen LogP contribution in [0.2, 0.25) is 0 Å². The van der Waals surface area contributed by atoms with Gasteiger partial charge in [-0.1, -0.05) is 18.2 Å². The highest BCUT2D eigenvalue weighted by atomic mass is 32.2. The second-order valence-corrected chi connectivity index (χ2v) is 5.08. The van der Waals surface area contributed by atoms with Crippen molar-refractivity contribution in [1.82, 2.24) is 0 Å². The third-order valence-electron chi connectivity index (χ3n) is 2.34. The zero-order chi connectivity index (χ0) is 12.1. The van der Waals surface area contributed by atoms with Crippen LogP contribution in [0.3, 0.4) is 0 Å². The van der Waals surface area contributed by atoms with Crippen LogP contribution in [0.25, 0.3) is 6.08 Å². The molecule has 0 spiro atoms. The zero-order valence-electron chi connectivity index (χ0n) is 9.42. The Kier molecular flexibility index (Phi) is 4.18. The average Bonchev–Trinajstić information content (AvgIpc) is 2.89. The van der Waals surface area contributed by atoms with Crippen molar-refractivity contribution in [1.29, 1.82) is 0 Å². The standard InChI is InChI=1S/C14H12OS2/c1-16-14-5-3-2-4-12(14)13(15)7-6-11-8-9-17-10-11/h2-10H,1H3/b7-6+. The van der Waals surface area contributed by atoms with Crippen LogP contribution in [0.5, 0.6) is 0 Å². The lowest BCUT2D eigenvalue weighted by molar-refractivity contribution is 0.104. The smallest absolute Gasteiger partial charge is 0.186 e. The fourth-order valence-electron chi connectivity index (χ4n) is 1.48. The summed E-state index contributed by atoms with van der Waals surface area (Å²) >= 11 is 3.22. The molecule has 0 fully saturated rings. The summed E-state index contributed by atoms with van der Waals surface area (Å²) in [6, 6.07) is 9.67. The van der Waals surface area contributed by atoms with Gasteiger partial charge in [0.2, 0.25) is 0 Å². The molecule has 0 aliphatic carbocycles. The van der Waals surface area contributed by atoms with Crippen LogP contribution in [-0.4, -0.2) is 12.0 Å². The van der Waals surface area contributed by atoms with E-state index in [4.69, 9.17) is 0 Å². The minimum absolute atomic E-state index is 0.0566. The number of carbonyl (C=O) groups is 1. The van der Waals surface area contributed by atoms with E-state index >= 15 is 0 Å². The number of hydrogen-bond donors (Lipinski definition) is 0. The molecule has 0 saturated heterocycles. The normalized spacial score (nSPS) is 10.9. The van der Waals surface area contributed by atoms with Crippen LogP contribution in [0.1, 0.15) is 15.9 Å². The molecule has 86 valence electrons. The van der Waals surface area contributed by atoms with Crippen LogP contribution in [0.15, 0.2) is 52.1 Å². The highest BCUT2D eigenvalue weighted by molar-refractivity contribution is 7.98. The molecule has 2 rings (SSSR count). The van der Waals surface area contributed by atoms with Crippen molar-refractivity contribution < 1.29 is 4.79 Å². The Bertz CT molecular complexity index is 527. The van der Waals surface area contributed by atoms with Gasteiger partial charge in [-0.2, -0.15) is 11.3 Å². The van der Waals surface area contributed by atoms with Gasteiger partial charge in [-0.05, 0) is 46.9 Å². The average molecular weight is 260 g/mol. The topological polar surface area (TPSA) is 17.1 Å². The molecule has 0 aliphatic heterocycles. The second kappa shape index (κ2) is 5.84. The molecule has 0 amide bonds.